The molecule has 24 heavy (non-hydrogen) atoms. The standard InChI is InChI=1S/C14H25N5O3S.ClH/c1-22-9-8-18-12-14(10-16-18)23(20,21)19-5-2-13(11-19)17-6-3-15-4-7-17;/h10,12-13,15H,2-9,11H2,1H3;1H. The Balaban J connectivity index is 0.00000208. The molecule has 0 spiro atoms. The summed E-state index contributed by atoms with van der Waals surface area (Å²) >= 11 is 0. The van der Waals surface area contributed by atoms with Crippen molar-refractivity contribution < 1.29 is 13.2 Å². The Hall–Kier alpha value is -0.710. The van der Waals surface area contributed by atoms with Crippen LogP contribution in [0.4, 0.5) is 0 Å². The van der Waals surface area contributed by atoms with Gasteiger partial charge in [0.15, 0.2) is 0 Å². The van der Waals surface area contributed by atoms with Gasteiger partial charge in [0, 0.05) is 58.6 Å². The van der Waals surface area contributed by atoms with Crippen molar-refractivity contribution in [3.8, 4) is 0 Å². The summed E-state index contributed by atoms with van der Waals surface area (Å²) in [7, 11) is -1.83. The summed E-state index contributed by atoms with van der Waals surface area (Å²) in [4.78, 5) is 2.67. The van der Waals surface area contributed by atoms with Gasteiger partial charge in [-0.2, -0.15) is 9.40 Å². The summed E-state index contributed by atoms with van der Waals surface area (Å²) in [6.07, 6.45) is 3.92. The molecule has 3 heterocycles. The molecule has 2 aliphatic rings. The number of nitrogens with one attached hydrogen (secondary N) is 1. The molecule has 1 aromatic rings. The second-order valence-corrected chi connectivity index (χ2v) is 7.96. The van der Waals surface area contributed by atoms with Crippen LogP contribution >= 0.6 is 12.4 Å². The molecule has 1 N–H and O–H groups in total. The molecular formula is C14H26ClN5O3S. The van der Waals surface area contributed by atoms with Crippen LogP contribution in [0.3, 0.4) is 0 Å². The van der Waals surface area contributed by atoms with Crippen LogP contribution in [0.25, 0.3) is 0 Å². The number of aromatic nitrogens is 2. The van der Waals surface area contributed by atoms with Crippen molar-refractivity contribution in [3.63, 3.8) is 0 Å². The monoisotopic (exact) mass is 379 g/mol. The van der Waals surface area contributed by atoms with Crippen molar-refractivity contribution in [1.29, 1.82) is 0 Å². The van der Waals surface area contributed by atoms with Gasteiger partial charge in [-0.3, -0.25) is 9.58 Å². The van der Waals surface area contributed by atoms with Crippen LogP contribution in [0.5, 0.6) is 0 Å². The van der Waals surface area contributed by atoms with Gasteiger partial charge < -0.3 is 10.1 Å². The zero-order valence-corrected chi connectivity index (χ0v) is 15.6. The number of piperazine rings is 1. The molecule has 0 aliphatic carbocycles. The number of sulfonamides is 1. The van der Waals surface area contributed by atoms with Crippen molar-refractivity contribution in [2.45, 2.75) is 23.9 Å². The van der Waals surface area contributed by atoms with E-state index in [1.54, 1.807) is 22.3 Å². The highest BCUT2D eigenvalue weighted by atomic mass is 35.5. The molecule has 1 aromatic heterocycles. The molecule has 1 atom stereocenters. The number of hydrogen-bond donors (Lipinski definition) is 1. The van der Waals surface area contributed by atoms with E-state index in [2.05, 4.69) is 15.3 Å². The Bertz CT molecular complexity index is 618. The fourth-order valence-corrected chi connectivity index (χ4v) is 4.66. The zero-order valence-electron chi connectivity index (χ0n) is 13.9. The molecule has 138 valence electrons. The molecule has 2 aliphatic heterocycles. The van der Waals surface area contributed by atoms with Crippen LogP contribution < -0.4 is 5.32 Å². The number of methoxy groups -OCH3 is 1. The van der Waals surface area contributed by atoms with Crippen LogP contribution in [0.2, 0.25) is 0 Å². The van der Waals surface area contributed by atoms with Crippen LogP contribution in [-0.4, -0.2) is 86.4 Å². The Morgan fingerprint density at radius 2 is 2.08 bits per heavy atom. The van der Waals surface area contributed by atoms with E-state index >= 15 is 0 Å². The van der Waals surface area contributed by atoms with E-state index in [0.717, 1.165) is 32.6 Å². The third-order valence-electron chi connectivity index (χ3n) is 4.57. The average Bonchev–Trinajstić information content (AvgIpc) is 3.24. The maximum atomic E-state index is 12.8. The summed E-state index contributed by atoms with van der Waals surface area (Å²) < 4.78 is 33.7. The van der Waals surface area contributed by atoms with Crippen LogP contribution in [0.15, 0.2) is 17.3 Å². The van der Waals surface area contributed by atoms with Gasteiger partial charge in [-0.1, -0.05) is 0 Å². The Morgan fingerprint density at radius 3 is 2.79 bits per heavy atom. The SMILES string of the molecule is COCCn1cc(S(=O)(=O)N2CCC(N3CCNCC3)C2)cn1.Cl. The first-order valence-electron chi connectivity index (χ1n) is 8.07. The highest BCUT2D eigenvalue weighted by molar-refractivity contribution is 7.89. The number of ether oxygens (including phenoxy) is 1. The number of halogens is 1. The van der Waals surface area contributed by atoms with E-state index < -0.39 is 10.0 Å². The molecule has 0 radical (unpaired) electrons. The topological polar surface area (TPSA) is 79.7 Å². The number of hydrogen-bond acceptors (Lipinski definition) is 6. The molecule has 10 heteroatoms. The van der Waals surface area contributed by atoms with Gasteiger partial charge in [-0.25, -0.2) is 8.42 Å². The van der Waals surface area contributed by atoms with Gasteiger partial charge in [0.05, 0.1) is 19.3 Å². The zero-order chi connectivity index (χ0) is 16.3. The first-order chi connectivity index (χ1) is 11.1. The quantitative estimate of drug-likeness (QED) is 0.725. The lowest BCUT2D eigenvalue weighted by atomic mass is 10.2. The predicted octanol–water partition coefficient (Wildman–Crippen LogP) is -0.380. The third-order valence-corrected chi connectivity index (χ3v) is 6.38. The second-order valence-electron chi connectivity index (χ2n) is 6.02. The number of rotatable bonds is 6. The summed E-state index contributed by atoms with van der Waals surface area (Å²) in [5.41, 5.74) is 0. The molecule has 3 rings (SSSR count). The lowest BCUT2D eigenvalue weighted by Crippen LogP contribution is -2.49. The summed E-state index contributed by atoms with van der Waals surface area (Å²) in [5.74, 6) is 0. The largest absolute Gasteiger partial charge is 0.383 e. The van der Waals surface area contributed by atoms with E-state index in [4.69, 9.17) is 4.74 Å². The molecule has 0 bridgehead atoms. The van der Waals surface area contributed by atoms with Crippen molar-refractivity contribution >= 4 is 22.4 Å². The van der Waals surface area contributed by atoms with Crippen LogP contribution in [-0.2, 0) is 21.3 Å². The van der Waals surface area contributed by atoms with Crippen molar-refractivity contribution in [1.82, 2.24) is 24.3 Å². The van der Waals surface area contributed by atoms with Crippen molar-refractivity contribution in [2.75, 3.05) is 53.0 Å². The number of nitrogens with zero attached hydrogens (tertiary/aromatic N) is 4. The predicted molar refractivity (Wildman–Crippen MR) is 93.0 cm³/mol. The van der Waals surface area contributed by atoms with Gasteiger partial charge in [-0.15, -0.1) is 12.4 Å². The van der Waals surface area contributed by atoms with Crippen LogP contribution in [0.1, 0.15) is 6.42 Å². The molecule has 0 amide bonds. The highest BCUT2D eigenvalue weighted by Gasteiger charge is 2.36. The smallest absolute Gasteiger partial charge is 0.246 e. The Kier molecular flexibility index (Phi) is 7.02. The maximum absolute atomic E-state index is 12.8. The lowest BCUT2D eigenvalue weighted by molar-refractivity contribution is 0.179. The Labute approximate surface area is 149 Å². The van der Waals surface area contributed by atoms with E-state index in [-0.39, 0.29) is 17.3 Å². The fourth-order valence-electron chi connectivity index (χ4n) is 3.21. The maximum Gasteiger partial charge on any atom is 0.246 e. The van der Waals surface area contributed by atoms with Gasteiger partial charge in [0.2, 0.25) is 10.0 Å². The van der Waals surface area contributed by atoms with E-state index in [9.17, 15) is 8.42 Å². The van der Waals surface area contributed by atoms with E-state index in [1.807, 2.05) is 0 Å². The normalized spacial score (nSPS) is 23.3. The fraction of sp³-hybridized carbons (Fsp3) is 0.786. The first kappa shape index (κ1) is 19.6. The minimum absolute atomic E-state index is 0. The van der Waals surface area contributed by atoms with Gasteiger partial charge in [0.25, 0.3) is 0 Å². The molecule has 0 aromatic carbocycles. The lowest BCUT2D eigenvalue weighted by Gasteiger charge is -2.32. The van der Waals surface area contributed by atoms with Gasteiger partial charge in [0.1, 0.15) is 4.90 Å². The van der Waals surface area contributed by atoms with Gasteiger partial charge >= 0.3 is 0 Å². The molecule has 8 nitrogen and oxygen atoms in total. The minimum Gasteiger partial charge on any atom is -0.383 e. The van der Waals surface area contributed by atoms with Crippen LogP contribution in [0, 0.1) is 0 Å². The van der Waals surface area contributed by atoms with E-state index in [1.165, 1.54) is 6.20 Å². The minimum atomic E-state index is -3.45. The summed E-state index contributed by atoms with van der Waals surface area (Å²) in [6, 6.07) is 0.329. The van der Waals surface area contributed by atoms with E-state index in [0.29, 0.717) is 32.3 Å². The van der Waals surface area contributed by atoms with Crippen molar-refractivity contribution in [3.05, 3.63) is 12.4 Å². The summed E-state index contributed by atoms with van der Waals surface area (Å²) in [5, 5.41) is 7.44. The summed E-state index contributed by atoms with van der Waals surface area (Å²) in [6.45, 7) is 6.17. The molecular weight excluding hydrogens is 354 g/mol. The average molecular weight is 380 g/mol. The second kappa shape index (κ2) is 8.59. The molecule has 0 saturated carbocycles. The molecule has 1 unspecified atom stereocenters. The Morgan fingerprint density at radius 1 is 1.33 bits per heavy atom. The molecule has 2 saturated heterocycles. The molecule has 2 fully saturated rings. The third kappa shape index (κ3) is 4.27. The van der Waals surface area contributed by atoms with Crippen molar-refractivity contribution in [2.24, 2.45) is 0 Å². The highest BCUT2D eigenvalue weighted by Crippen LogP contribution is 2.23. The first-order valence-corrected chi connectivity index (χ1v) is 9.51. The van der Waals surface area contributed by atoms with Gasteiger partial charge in [-0.05, 0) is 6.42 Å².